The van der Waals surface area contributed by atoms with Gasteiger partial charge in [0.15, 0.2) is 4.69 Å². The Hall–Kier alpha value is 0.01000. The Morgan fingerprint density at radius 1 is 1.18 bits per heavy atom. The third kappa shape index (κ3) is 16.0. The molecule has 0 aromatic heterocycles. The molecule has 0 heterocycles. The Labute approximate surface area is 122 Å². The smallest absolute Gasteiger partial charge is 0.235 e. The van der Waals surface area contributed by atoms with Gasteiger partial charge < -0.3 is 0 Å². The minimum atomic E-state index is 0. The average Bonchev–Trinajstić information content (AvgIpc) is 2.22. The van der Waals surface area contributed by atoms with E-state index in [0.717, 1.165) is 25.7 Å². The van der Waals surface area contributed by atoms with Crippen LogP contribution in [0.5, 0.6) is 0 Å². The molecule has 3 nitrogen and oxygen atoms in total. The van der Waals surface area contributed by atoms with Gasteiger partial charge in [-0.1, -0.05) is 32.1 Å². The van der Waals surface area contributed by atoms with Crippen molar-refractivity contribution >= 4 is 43.7 Å². The Bertz CT molecular complexity index is 241. The third-order valence-corrected chi connectivity index (χ3v) is 2.91. The third-order valence-electron chi connectivity index (χ3n) is 2.52. The van der Waals surface area contributed by atoms with Gasteiger partial charge in [-0.15, -0.1) is 17.0 Å². The van der Waals surface area contributed by atoms with E-state index >= 15 is 0 Å². The zero-order chi connectivity index (χ0) is 12.2. The maximum Gasteiger partial charge on any atom is 0.235 e. The summed E-state index contributed by atoms with van der Waals surface area (Å²) in [7, 11) is 0. The van der Waals surface area contributed by atoms with Crippen molar-refractivity contribution in [3.63, 3.8) is 0 Å². The van der Waals surface area contributed by atoms with Gasteiger partial charge in [0.05, 0.1) is 6.04 Å². The van der Waals surface area contributed by atoms with E-state index in [1.165, 1.54) is 19.3 Å². The van der Waals surface area contributed by atoms with Crippen LogP contribution in [0.2, 0.25) is 0 Å². The van der Waals surface area contributed by atoms with E-state index in [9.17, 15) is 9.59 Å². The first-order valence-corrected chi connectivity index (χ1v) is 6.71. The van der Waals surface area contributed by atoms with Crippen LogP contribution in [0.4, 0.5) is 0 Å². The molecule has 0 aliphatic rings. The highest BCUT2D eigenvalue weighted by atomic mass is 79.9. The fourth-order valence-electron chi connectivity index (χ4n) is 1.57. The van der Waals surface area contributed by atoms with E-state index in [2.05, 4.69) is 20.9 Å². The van der Waals surface area contributed by atoms with Crippen molar-refractivity contribution in [1.29, 1.82) is 0 Å². The second-order valence-electron chi connectivity index (χ2n) is 4.08. The Balaban J connectivity index is 0. The monoisotopic (exact) mass is 369 g/mol. The van der Waals surface area contributed by atoms with Crippen LogP contribution in [0.3, 0.4) is 0 Å². The molecule has 0 bridgehead atoms. The Morgan fingerprint density at radius 3 is 2.24 bits per heavy atom. The first-order valence-electron chi connectivity index (χ1n) is 5.92. The number of unbranched alkanes of at least 4 members (excludes halogenated alkanes) is 5. The molecule has 0 aliphatic carbocycles. The minimum Gasteiger partial charge on any atom is -0.287 e. The van der Waals surface area contributed by atoms with Crippen LogP contribution < -0.4 is 0 Å². The number of hydrogen-bond donors (Lipinski definition) is 0. The van der Waals surface area contributed by atoms with E-state index in [1.54, 1.807) is 6.08 Å². The van der Waals surface area contributed by atoms with Gasteiger partial charge in [0, 0.05) is 6.42 Å². The molecule has 0 radical (unpaired) electrons. The van der Waals surface area contributed by atoms with E-state index in [0.29, 0.717) is 6.42 Å². The van der Waals surface area contributed by atoms with Crippen LogP contribution in [0, 0.1) is 0 Å². The van der Waals surface area contributed by atoms with Crippen molar-refractivity contribution in [3.05, 3.63) is 0 Å². The van der Waals surface area contributed by atoms with Gasteiger partial charge in [-0.25, -0.2) is 9.79 Å². The largest absolute Gasteiger partial charge is 0.287 e. The van der Waals surface area contributed by atoms with Gasteiger partial charge in [0.1, 0.15) is 0 Å². The minimum absolute atomic E-state index is 0. The molecule has 0 saturated carbocycles. The summed E-state index contributed by atoms with van der Waals surface area (Å²) in [4.78, 5) is 24.2. The summed E-state index contributed by atoms with van der Waals surface area (Å²) < 4.78 is 0.105. The Morgan fingerprint density at radius 2 is 1.71 bits per heavy atom. The predicted octanol–water partition coefficient (Wildman–Crippen LogP) is 4.33. The number of aliphatic imine (C=N–C) groups is 1. The summed E-state index contributed by atoms with van der Waals surface area (Å²) >= 11 is 2.92. The number of hydrogen-bond acceptors (Lipinski definition) is 3. The second-order valence-corrected chi connectivity index (χ2v) is 4.97. The lowest BCUT2D eigenvalue weighted by atomic mass is 10.1. The Kier molecular flexibility index (Phi) is 16.0. The lowest BCUT2D eigenvalue weighted by Gasteiger charge is -2.03. The average molecular weight is 371 g/mol. The fraction of sp³-hybridized carbons (Fsp3) is 0.833. The lowest BCUT2D eigenvalue weighted by molar-refractivity contribution is -0.110. The van der Waals surface area contributed by atoms with Crippen molar-refractivity contribution < 1.29 is 9.59 Å². The molecular weight excluding hydrogens is 350 g/mol. The van der Waals surface area contributed by atoms with E-state index in [4.69, 9.17) is 0 Å². The van der Waals surface area contributed by atoms with Gasteiger partial charge in [0.2, 0.25) is 6.08 Å². The van der Waals surface area contributed by atoms with Gasteiger partial charge >= 0.3 is 0 Å². The van der Waals surface area contributed by atoms with Crippen LogP contribution in [-0.4, -0.2) is 16.8 Å². The molecular formula is C12H21Br2NO2. The first-order chi connectivity index (χ1) is 7.66. The highest BCUT2D eigenvalue weighted by Crippen LogP contribution is 2.11. The fourth-order valence-corrected chi connectivity index (χ4v) is 1.85. The number of carbonyl (C=O) groups is 1. The van der Waals surface area contributed by atoms with Crippen LogP contribution in [0.1, 0.15) is 58.3 Å². The van der Waals surface area contributed by atoms with Crippen molar-refractivity contribution in [2.75, 3.05) is 0 Å². The van der Waals surface area contributed by atoms with Gasteiger partial charge in [-0.2, -0.15) is 0 Å². The molecule has 0 amide bonds. The topological polar surface area (TPSA) is 46.5 Å². The zero-order valence-electron chi connectivity index (χ0n) is 10.3. The highest BCUT2D eigenvalue weighted by molar-refractivity contribution is 9.18. The molecule has 17 heavy (non-hydrogen) atoms. The van der Waals surface area contributed by atoms with Crippen molar-refractivity contribution in [2.24, 2.45) is 4.99 Å². The molecule has 0 aromatic rings. The van der Waals surface area contributed by atoms with Gasteiger partial charge in [-0.3, -0.25) is 4.79 Å². The summed E-state index contributed by atoms with van der Waals surface area (Å²) in [6.45, 7) is 1.94. The number of isocyanates is 1. The molecule has 0 spiro atoms. The maximum absolute atomic E-state index is 10.6. The number of nitrogens with zero attached hydrogens (tertiary/aromatic N) is 1. The molecule has 0 rings (SSSR count). The summed E-state index contributed by atoms with van der Waals surface area (Å²) in [5.41, 5.74) is 0. The zero-order valence-corrected chi connectivity index (χ0v) is 13.6. The van der Waals surface area contributed by atoms with Gasteiger partial charge in [-0.05, 0) is 35.7 Å². The normalized spacial score (nSPS) is 11.2. The summed E-state index contributed by atoms with van der Waals surface area (Å²) in [5.74, 6) is 0. The molecule has 100 valence electrons. The van der Waals surface area contributed by atoms with Crippen molar-refractivity contribution in [1.82, 2.24) is 0 Å². The van der Waals surface area contributed by atoms with Crippen LogP contribution in [-0.2, 0) is 9.59 Å². The molecule has 5 heteroatoms. The molecule has 1 unspecified atom stereocenters. The molecule has 0 aliphatic heterocycles. The van der Waals surface area contributed by atoms with Crippen LogP contribution >= 0.6 is 32.9 Å². The van der Waals surface area contributed by atoms with Crippen molar-refractivity contribution in [3.8, 4) is 0 Å². The summed E-state index contributed by atoms with van der Waals surface area (Å²) in [5, 5.41) is 0. The summed E-state index contributed by atoms with van der Waals surface area (Å²) in [6.07, 6.45) is 9.99. The number of rotatable bonds is 10. The van der Waals surface area contributed by atoms with E-state index in [-0.39, 0.29) is 27.7 Å². The molecule has 0 N–H and O–H groups in total. The maximum atomic E-state index is 10.6. The van der Waals surface area contributed by atoms with Crippen molar-refractivity contribution in [2.45, 2.75) is 64.3 Å². The van der Waals surface area contributed by atoms with E-state index < -0.39 is 0 Å². The molecule has 1 atom stereocenters. The molecule has 0 saturated heterocycles. The summed E-state index contributed by atoms with van der Waals surface area (Å²) in [6, 6.07) is 0.114. The highest BCUT2D eigenvalue weighted by Gasteiger charge is 1.99. The number of carbonyl (C=O) groups excluding carboxylic acids is 2. The SMILES string of the molecule is Br.CC(CCCCCCCCC(=O)Br)N=C=O. The van der Waals surface area contributed by atoms with Crippen LogP contribution in [0.25, 0.3) is 0 Å². The lowest BCUT2D eigenvalue weighted by Crippen LogP contribution is -1.96. The van der Waals surface area contributed by atoms with E-state index in [1.807, 2.05) is 6.92 Å². The standard InChI is InChI=1S/C12H20BrNO2.BrH/c1-11(14-10-15)8-6-4-2-3-5-7-9-12(13)16;/h11H,2-9H2,1H3;1H. The van der Waals surface area contributed by atoms with Crippen LogP contribution in [0.15, 0.2) is 4.99 Å². The predicted molar refractivity (Wildman–Crippen MR) is 78.8 cm³/mol. The number of halogens is 2. The van der Waals surface area contributed by atoms with Gasteiger partial charge in [0.25, 0.3) is 0 Å². The molecule has 0 fully saturated rings. The second kappa shape index (κ2) is 14.1. The molecule has 0 aromatic carbocycles. The quantitative estimate of drug-likeness (QED) is 0.248. The first kappa shape index (κ1) is 19.4.